The third-order valence-corrected chi connectivity index (χ3v) is 4.19. The van der Waals surface area contributed by atoms with Crippen molar-refractivity contribution in [2.75, 3.05) is 0 Å². The minimum Gasteiger partial charge on any atom is -0.550 e. The Morgan fingerprint density at radius 2 is 1.50 bits per heavy atom. The molecule has 0 fully saturated rings. The van der Waals surface area contributed by atoms with Crippen molar-refractivity contribution in [2.24, 2.45) is 0 Å². The fourth-order valence-corrected chi connectivity index (χ4v) is 2.97. The van der Waals surface area contributed by atoms with Crippen molar-refractivity contribution < 1.29 is 9.90 Å². The zero-order valence-electron chi connectivity index (χ0n) is 13.5. The number of aromatic nitrogens is 1. The number of carbonyl (C=O) groups excluding carboxylic acids is 1. The van der Waals surface area contributed by atoms with Gasteiger partial charge in [-0.25, -0.2) is 0 Å². The minimum absolute atomic E-state index is 0.0452. The maximum absolute atomic E-state index is 10.8. The molecule has 0 bridgehead atoms. The Hall–Kier alpha value is -2.81. The van der Waals surface area contributed by atoms with Crippen LogP contribution < -0.4 is 5.11 Å². The van der Waals surface area contributed by atoms with Crippen LogP contribution in [0.1, 0.15) is 17.7 Å². The zero-order chi connectivity index (χ0) is 16.8. The molecule has 0 spiro atoms. The molecule has 0 aliphatic heterocycles. The van der Waals surface area contributed by atoms with Crippen LogP contribution in [-0.4, -0.2) is 10.5 Å². The van der Waals surface area contributed by atoms with Crippen LogP contribution in [0.15, 0.2) is 72.8 Å². The van der Waals surface area contributed by atoms with Crippen LogP contribution in [0.25, 0.3) is 11.3 Å². The molecule has 0 saturated carbocycles. The third-order valence-electron chi connectivity index (χ3n) is 4.19. The van der Waals surface area contributed by atoms with E-state index in [4.69, 9.17) is 0 Å². The molecule has 0 unspecified atom stereocenters. The van der Waals surface area contributed by atoms with Gasteiger partial charge in [0.15, 0.2) is 0 Å². The Morgan fingerprint density at radius 3 is 2.17 bits per heavy atom. The number of hydrogen-bond acceptors (Lipinski definition) is 2. The number of carboxylic acid groups (broad SMARTS) is 1. The van der Waals surface area contributed by atoms with E-state index in [-0.39, 0.29) is 6.42 Å². The fourth-order valence-electron chi connectivity index (χ4n) is 2.97. The fraction of sp³-hybridized carbons (Fsp3) is 0.190. The molecule has 0 aliphatic rings. The molecular weight excluding hydrogens is 298 g/mol. The van der Waals surface area contributed by atoms with Gasteiger partial charge in [-0.05, 0) is 42.5 Å². The first kappa shape index (κ1) is 16.1. The van der Waals surface area contributed by atoms with Gasteiger partial charge in [0, 0.05) is 23.9 Å². The molecule has 0 radical (unpaired) electrons. The highest BCUT2D eigenvalue weighted by Gasteiger charge is 2.10. The second-order valence-electron chi connectivity index (χ2n) is 5.84. The Balaban J connectivity index is 1.87. The molecule has 2 aromatic carbocycles. The summed E-state index contributed by atoms with van der Waals surface area (Å²) in [5.74, 6) is -1.01. The molecule has 3 rings (SSSR count). The van der Waals surface area contributed by atoms with Crippen LogP contribution in [-0.2, 0) is 24.2 Å². The van der Waals surface area contributed by atoms with Gasteiger partial charge in [-0.3, -0.25) is 0 Å². The normalized spacial score (nSPS) is 10.7. The molecule has 3 heteroatoms. The molecule has 24 heavy (non-hydrogen) atoms. The van der Waals surface area contributed by atoms with E-state index in [0.717, 1.165) is 29.9 Å². The predicted molar refractivity (Wildman–Crippen MR) is 93.3 cm³/mol. The lowest BCUT2D eigenvalue weighted by Crippen LogP contribution is -2.23. The Morgan fingerprint density at radius 1 is 0.833 bits per heavy atom. The van der Waals surface area contributed by atoms with Gasteiger partial charge in [-0.1, -0.05) is 60.7 Å². The molecule has 0 atom stereocenters. The van der Waals surface area contributed by atoms with Crippen molar-refractivity contribution in [2.45, 2.75) is 25.8 Å². The summed E-state index contributed by atoms with van der Waals surface area (Å²) in [7, 11) is 0. The van der Waals surface area contributed by atoms with Crippen LogP contribution >= 0.6 is 0 Å². The lowest BCUT2D eigenvalue weighted by Gasteiger charge is -2.14. The van der Waals surface area contributed by atoms with Crippen molar-refractivity contribution in [3.05, 3.63) is 84.1 Å². The van der Waals surface area contributed by atoms with Crippen LogP contribution in [0.3, 0.4) is 0 Å². The van der Waals surface area contributed by atoms with E-state index in [1.807, 2.05) is 42.5 Å². The number of aryl methyl sites for hydroxylation is 2. The zero-order valence-corrected chi connectivity index (χ0v) is 13.5. The lowest BCUT2D eigenvalue weighted by molar-refractivity contribution is -0.305. The molecule has 3 aromatic rings. The van der Waals surface area contributed by atoms with E-state index in [0.29, 0.717) is 6.42 Å². The molecule has 1 heterocycles. The van der Waals surface area contributed by atoms with Crippen molar-refractivity contribution in [1.29, 1.82) is 0 Å². The number of rotatable bonds is 7. The lowest BCUT2D eigenvalue weighted by atomic mass is 10.1. The Labute approximate surface area is 142 Å². The summed E-state index contributed by atoms with van der Waals surface area (Å²) in [4.78, 5) is 10.8. The summed E-state index contributed by atoms with van der Waals surface area (Å²) in [6.45, 7) is 0.823. The second kappa shape index (κ2) is 7.64. The number of nitrogens with zero attached hydrogens (tertiary/aromatic N) is 1. The maximum atomic E-state index is 10.8. The Bertz CT molecular complexity index is 791. The SMILES string of the molecule is O=C([O-])CCc1ccc(-c2ccccc2)n1CCc1ccccc1. The number of aliphatic carboxylic acids is 1. The standard InChI is InChI=1S/C21H21NO2/c23-21(24)14-12-19-11-13-20(18-9-5-2-6-10-18)22(19)16-15-17-7-3-1-4-8-17/h1-11,13H,12,14-16H2,(H,23,24)/p-1. The van der Waals surface area contributed by atoms with Gasteiger partial charge in [0.2, 0.25) is 0 Å². The molecule has 1 aromatic heterocycles. The molecule has 0 amide bonds. The molecule has 0 N–H and O–H groups in total. The summed E-state index contributed by atoms with van der Waals surface area (Å²) < 4.78 is 2.23. The monoisotopic (exact) mass is 318 g/mol. The summed E-state index contributed by atoms with van der Waals surface area (Å²) in [5.41, 5.74) is 4.58. The van der Waals surface area contributed by atoms with E-state index in [2.05, 4.69) is 34.9 Å². The van der Waals surface area contributed by atoms with Crippen LogP contribution in [0.5, 0.6) is 0 Å². The first-order valence-electron chi connectivity index (χ1n) is 8.21. The number of hydrogen-bond donors (Lipinski definition) is 0. The van der Waals surface area contributed by atoms with E-state index >= 15 is 0 Å². The summed E-state index contributed by atoms with van der Waals surface area (Å²) >= 11 is 0. The molecular formula is C21H20NO2-. The number of benzene rings is 2. The number of carbonyl (C=O) groups is 1. The van der Waals surface area contributed by atoms with Crippen LogP contribution in [0.2, 0.25) is 0 Å². The molecule has 122 valence electrons. The van der Waals surface area contributed by atoms with E-state index in [1.165, 1.54) is 5.56 Å². The largest absolute Gasteiger partial charge is 0.550 e. The van der Waals surface area contributed by atoms with Gasteiger partial charge in [0.05, 0.1) is 0 Å². The first-order valence-corrected chi connectivity index (χ1v) is 8.21. The van der Waals surface area contributed by atoms with E-state index < -0.39 is 5.97 Å². The van der Waals surface area contributed by atoms with Gasteiger partial charge in [-0.15, -0.1) is 0 Å². The van der Waals surface area contributed by atoms with Crippen molar-refractivity contribution >= 4 is 5.97 Å². The highest BCUT2D eigenvalue weighted by Crippen LogP contribution is 2.24. The predicted octanol–water partition coefficient (Wildman–Crippen LogP) is 3.08. The van der Waals surface area contributed by atoms with Crippen molar-refractivity contribution in [3.63, 3.8) is 0 Å². The van der Waals surface area contributed by atoms with E-state index in [9.17, 15) is 9.90 Å². The summed E-state index contributed by atoms with van der Waals surface area (Å²) in [5, 5.41) is 10.8. The average molecular weight is 318 g/mol. The minimum atomic E-state index is -1.01. The summed E-state index contributed by atoms with van der Waals surface area (Å²) in [6, 6.07) is 24.6. The quantitative estimate of drug-likeness (QED) is 0.672. The summed E-state index contributed by atoms with van der Waals surface area (Å²) in [6.07, 6.45) is 1.45. The van der Waals surface area contributed by atoms with Gasteiger partial charge in [-0.2, -0.15) is 0 Å². The van der Waals surface area contributed by atoms with Crippen LogP contribution in [0.4, 0.5) is 0 Å². The van der Waals surface area contributed by atoms with Gasteiger partial charge in [0.25, 0.3) is 0 Å². The average Bonchev–Trinajstić information content (AvgIpc) is 3.02. The molecule has 0 saturated heterocycles. The van der Waals surface area contributed by atoms with Gasteiger partial charge < -0.3 is 14.5 Å². The smallest absolute Gasteiger partial charge is 0.0482 e. The van der Waals surface area contributed by atoms with Gasteiger partial charge in [0.1, 0.15) is 0 Å². The molecule has 0 aliphatic carbocycles. The van der Waals surface area contributed by atoms with E-state index in [1.54, 1.807) is 0 Å². The molecule has 3 nitrogen and oxygen atoms in total. The van der Waals surface area contributed by atoms with Crippen molar-refractivity contribution in [3.8, 4) is 11.3 Å². The highest BCUT2D eigenvalue weighted by atomic mass is 16.4. The van der Waals surface area contributed by atoms with Gasteiger partial charge >= 0.3 is 0 Å². The van der Waals surface area contributed by atoms with Crippen molar-refractivity contribution in [1.82, 2.24) is 4.57 Å². The Kier molecular flexibility index (Phi) is 5.12. The topological polar surface area (TPSA) is 45.1 Å². The van der Waals surface area contributed by atoms with Crippen LogP contribution in [0, 0.1) is 0 Å². The number of carboxylic acids is 1. The second-order valence-corrected chi connectivity index (χ2v) is 5.84. The maximum Gasteiger partial charge on any atom is 0.0482 e. The highest BCUT2D eigenvalue weighted by molar-refractivity contribution is 5.65. The first-order chi connectivity index (χ1) is 11.7. The third kappa shape index (κ3) is 3.93.